The first-order valence-electron chi connectivity index (χ1n) is 17.6. The molecule has 5 N–H and O–H groups in total. The molecule has 1 aromatic carbocycles. The first kappa shape index (κ1) is 38.0. The van der Waals surface area contributed by atoms with Crippen LogP contribution in [0.3, 0.4) is 0 Å². The summed E-state index contributed by atoms with van der Waals surface area (Å²) >= 11 is 7.53. The second-order valence-electron chi connectivity index (χ2n) is 15.2. The summed E-state index contributed by atoms with van der Waals surface area (Å²) < 4.78 is 42.1. The minimum atomic E-state index is -3.92. The maximum Gasteiger partial charge on any atom is 0.315 e. The smallest absolute Gasteiger partial charge is 0.315 e. The van der Waals surface area contributed by atoms with Crippen molar-refractivity contribution in [2.75, 3.05) is 6.54 Å². The molecule has 1 aromatic heterocycles. The highest BCUT2D eigenvalue weighted by Gasteiger charge is 2.62. The zero-order valence-corrected chi connectivity index (χ0v) is 31.6. The van der Waals surface area contributed by atoms with E-state index >= 15 is 0 Å². The topological polar surface area (TPSA) is 183 Å². The van der Waals surface area contributed by atoms with Crippen molar-refractivity contribution in [3.8, 4) is 0 Å². The average molecular weight is 779 g/mol. The van der Waals surface area contributed by atoms with Crippen LogP contribution in [0.15, 0.2) is 30.4 Å². The van der Waals surface area contributed by atoms with Gasteiger partial charge in [-0.1, -0.05) is 36.6 Å². The van der Waals surface area contributed by atoms with E-state index in [0.717, 1.165) is 24.2 Å². The molecule has 0 spiro atoms. The molecule has 282 valence electrons. The third-order valence-electron chi connectivity index (χ3n) is 9.81. The Morgan fingerprint density at radius 1 is 1.08 bits per heavy atom. The van der Waals surface area contributed by atoms with Gasteiger partial charge in [0.2, 0.25) is 21.8 Å². The molecule has 2 aliphatic carbocycles. The Morgan fingerprint density at radius 3 is 2.54 bits per heavy atom. The first-order valence-corrected chi connectivity index (χ1v) is 20.3. The molecule has 17 heteroatoms. The molecule has 4 aliphatic rings. The summed E-state index contributed by atoms with van der Waals surface area (Å²) in [5.41, 5.74) is -2.14. The molecule has 6 rings (SSSR count). The van der Waals surface area contributed by atoms with Crippen LogP contribution in [0.5, 0.6) is 0 Å². The molecule has 13 nitrogen and oxygen atoms in total. The van der Waals surface area contributed by atoms with Crippen LogP contribution in [-0.4, -0.2) is 84.0 Å². The minimum Gasteiger partial charge on any atom is -0.347 e. The normalized spacial score (nSPS) is 27.7. The van der Waals surface area contributed by atoms with Crippen molar-refractivity contribution >= 4 is 72.7 Å². The molecule has 52 heavy (non-hydrogen) atoms. The highest BCUT2D eigenvalue weighted by atomic mass is 35.5. The minimum absolute atomic E-state index is 0.0417. The Morgan fingerprint density at radius 2 is 1.83 bits per heavy atom. The van der Waals surface area contributed by atoms with Crippen LogP contribution >= 0.6 is 22.9 Å². The molecule has 2 aromatic rings. The number of allylic oxidation sites excluding steroid dienone is 1. The standard InChI is InChI=1S/C35H44ClFN6O7S2/c1-34(2,3)41-33(48)39-24-10-8-6-4-5-7-9-19-17-35(19,32(47)42-52(49,50)22-12-13-22)40-29(44)25-16-21(18-43(25)31(24)46)38-30(45)28-27(36)23-14-11-20(37)15-26(23)51-28/h7,9,11,14-15,19,21-22,24-25H,4-6,8,10,12-13,16-18H2,1-3H3,(H,38,45)(H,40,44)(H,42,47)(H2,39,41,48)/b9-7-/t19-,21+,24-,25-,35+/m0/s1. The van der Waals surface area contributed by atoms with E-state index in [9.17, 15) is 36.8 Å². The number of sulfonamides is 1. The molecular weight excluding hydrogens is 735 g/mol. The number of benzene rings is 1. The number of nitrogens with one attached hydrogen (secondary N) is 5. The molecular formula is C35H44ClFN6O7S2. The molecule has 2 aliphatic heterocycles. The number of nitrogens with zero attached hydrogens (tertiary/aromatic N) is 1. The molecule has 6 amide bonds. The van der Waals surface area contributed by atoms with Crippen molar-refractivity contribution < 1.29 is 36.8 Å². The number of rotatable bonds is 6. The summed E-state index contributed by atoms with van der Waals surface area (Å²) in [7, 11) is -3.92. The number of carbonyl (C=O) groups excluding carboxylic acids is 5. The molecule has 3 fully saturated rings. The summed E-state index contributed by atoms with van der Waals surface area (Å²) in [5.74, 6) is -3.57. The third kappa shape index (κ3) is 8.38. The van der Waals surface area contributed by atoms with Gasteiger partial charge in [-0.3, -0.25) is 23.9 Å². The van der Waals surface area contributed by atoms with Crippen LogP contribution < -0.4 is 26.0 Å². The number of carbonyl (C=O) groups is 5. The van der Waals surface area contributed by atoms with E-state index in [1.807, 2.05) is 12.2 Å². The van der Waals surface area contributed by atoms with Gasteiger partial charge in [0.25, 0.3) is 11.8 Å². The highest BCUT2D eigenvalue weighted by molar-refractivity contribution is 7.91. The fourth-order valence-electron chi connectivity index (χ4n) is 6.88. The Bertz CT molecular complexity index is 1930. The fraction of sp³-hybridized carbons (Fsp3) is 0.571. The van der Waals surface area contributed by atoms with Crippen molar-refractivity contribution in [3.63, 3.8) is 0 Å². The van der Waals surface area contributed by atoms with Crippen LogP contribution in [0, 0.1) is 11.7 Å². The molecule has 3 heterocycles. The monoisotopic (exact) mass is 778 g/mol. The maximum absolute atomic E-state index is 14.4. The van der Waals surface area contributed by atoms with Crippen LogP contribution in [0.25, 0.3) is 10.1 Å². The van der Waals surface area contributed by atoms with Crippen molar-refractivity contribution in [3.05, 3.63) is 46.1 Å². The number of halogens is 2. The van der Waals surface area contributed by atoms with Gasteiger partial charge in [-0.2, -0.15) is 0 Å². The lowest BCUT2D eigenvalue weighted by molar-refractivity contribution is -0.141. The SMILES string of the molecule is CC(C)(C)NC(=O)N[C@H]1CCCCC/C=C\[C@H]2C[C@@]2(C(=O)NS(=O)(=O)C2CC2)NC(=O)[C@@H]2C[C@@H](NC(=O)c3sc4cc(F)ccc4c3Cl)CN2C1=O. The zero-order valence-electron chi connectivity index (χ0n) is 29.2. The van der Waals surface area contributed by atoms with Crippen molar-refractivity contribution in [2.24, 2.45) is 5.92 Å². The van der Waals surface area contributed by atoms with Crippen LogP contribution in [0.1, 0.15) is 88.2 Å². The largest absolute Gasteiger partial charge is 0.347 e. The van der Waals surface area contributed by atoms with Crippen molar-refractivity contribution in [2.45, 2.75) is 113 Å². The van der Waals surface area contributed by atoms with Gasteiger partial charge in [-0.15, -0.1) is 11.3 Å². The number of hydrogen-bond acceptors (Lipinski definition) is 8. The Hall–Kier alpha value is -3.76. The Kier molecular flexibility index (Phi) is 10.6. The summed E-state index contributed by atoms with van der Waals surface area (Å²) in [6.45, 7) is 5.31. The summed E-state index contributed by atoms with van der Waals surface area (Å²) in [6.07, 6.45) is 7.85. The van der Waals surface area contributed by atoms with E-state index in [0.29, 0.717) is 42.2 Å². The summed E-state index contributed by atoms with van der Waals surface area (Å²) in [6, 6.07) is 0.526. The molecule has 0 bridgehead atoms. The number of urea groups is 1. The van der Waals surface area contributed by atoms with Gasteiger partial charge < -0.3 is 26.2 Å². The average Bonchev–Trinajstić information content (AvgIpc) is 3.96. The number of fused-ring (bicyclic) bond motifs is 3. The Labute approximate surface area is 310 Å². The van der Waals surface area contributed by atoms with E-state index in [1.165, 1.54) is 23.1 Å². The molecule has 0 radical (unpaired) electrons. The van der Waals surface area contributed by atoms with Gasteiger partial charge in [0.15, 0.2) is 0 Å². The number of thiophene rings is 1. The second-order valence-corrected chi connectivity index (χ2v) is 18.6. The lowest BCUT2D eigenvalue weighted by Crippen LogP contribution is -2.59. The van der Waals surface area contributed by atoms with E-state index < -0.39 is 85.9 Å². The van der Waals surface area contributed by atoms with E-state index in [2.05, 4.69) is 26.0 Å². The number of hydrogen-bond donors (Lipinski definition) is 5. The van der Waals surface area contributed by atoms with Crippen LogP contribution in [0.2, 0.25) is 5.02 Å². The molecule has 2 saturated carbocycles. The lowest BCUT2D eigenvalue weighted by atomic mass is 10.0. The molecule has 5 atom stereocenters. The van der Waals surface area contributed by atoms with Gasteiger partial charge in [-0.25, -0.2) is 17.6 Å². The van der Waals surface area contributed by atoms with E-state index in [1.54, 1.807) is 20.8 Å². The first-order chi connectivity index (χ1) is 24.5. The molecule has 0 unspecified atom stereocenters. The van der Waals surface area contributed by atoms with Crippen LogP contribution in [0.4, 0.5) is 9.18 Å². The van der Waals surface area contributed by atoms with Crippen molar-refractivity contribution in [1.82, 2.24) is 30.9 Å². The lowest BCUT2D eigenvalue weighted by Gasteiger charge is -2.31. The van der Waals surface area contributed by atoms with Gasteiger partial charge in [0.1, 0.15) is 28.3 Å². The second kappa shape index (κ2) is 14.6. The fourth-order valence-corrected chi connectivity index (χ4v) is 9.68. The van der Waals surface area contributed by atoms with E-state index in [4.69, 9.17) is 11.6 Å². The summed E-state index contributed by atoms with van der Waals surface area (Å²) in [4.78, 5) is 70.2. The van der Waals surface area contributed by atoms with Crippen molar-refractivity contribution in [1.29, 1.82) is 0 Å². The number of amides is 6. The van der Waals surface area contributed by atoms with E-state index in [-0.39, 0.29) is 29.3 Å². The van der Waals surface area contributed by atoms with Crippen LogP contribution in [-0.2, 0) is 24.4 Å². The summed E-state index contributed by atoms with van der Waals surface area (Å²) in [5, 5.41) is 11.3. The quantitative estimate of drug-likeness (QED) is 0.276. The van der Waals surface area contributed by atoms with Gasteiger partial charge in [0, 0.05) is 34.1 Å². The maximum atomic E-state index is 14.4. The Balaban J connectivity index is 1.29. The highest BCUT2D eigenvalue weighted by Crippen LogP contribution is 2.46. The molecule has 1 saturated heterocycles. The van der Waals surface area contributed by atoms with Gasteiger partial charge in [0.05, 0.1) is 10.3 Å². The predicted octanol–water partition coefficient (Wildman–Crippen LogP) is 3.86. The van der Waals surface area contributed by atoms with Gasteiger partial charge >= 0.3 is 6.03 Å². The van der Waals surface area contributed by atoms with Gasteiger partial charge in [-0.05, 0) is 83.9 Å². The predicted molar refractivity (Wildman–Crippen MR) is 195 cm³/mol. The third-order valence-corrected chi connectivity index (χ3v) is 13.3. The zero-order chi connectivity index (χ0) is 37.6.